The van der Waals surface area contributed by atoms with Crippen LogP contribution in [-0.2, 0) is 10.2 Å². The average Bonchev–Trinajstić information content (AvgIpc) is 2.09. The molecule has 2 heteroatoms. The van der Waals surface area contributed by atoms with Crippen LogP contribution in [0.3, 0.4) is 0 Å². The van der Waals surface area contributed by atoms with E-state index in [4.69, 9.17) is 0 Å². The van der Waals surface area contributed by atoms with Gasteiger partial charge in [0.25, 0.3) is 0 Å². The number of benzene rings is 1. The van der Waals surface area contributed by atoms with Gasteiger partial charge in [0.2, 0.25) is 0 Å². The number of aldehydes is 1. The molecule has 0 aliphatic rings. The number of hydrogen-bond donors (Lipinski definition) is 0. The van der Waals surface area contributed by atoms with E-state index in [-0.39, 0.29) is 0 Å². The molecule has 0 unspecified atom stereocenters. The Hall–Kier alpha value is -0.630. The second kappa shape index (κ2) is 3.62. The topological polar surface area (TPSA) is 17.1 Å². The maximum absolute atomic E-state index is 10.9. The first-order chi connectivity index (χ1) is 5.99. The molecular formula is C11H13BrO. The van der Waals surface area contributed by atoms with Gasteiger partial charge in [0.05, 0.1) is 0 Å². The van der Waals surface area contributed by atoms with E-state index in [2.05, 4.69) is 15.9 Å². The van der Waals surface area contributed by atoms with Gasteiger partial charge in [-0.05, 0) is 38.0 Å². The van der Waals surface area contributed by atoms with Crippen molar-refractivity contribution in [3.8, 4) is 0 Å². The summed E-state index contributed by atoms with van der Waals surface area (Å²) in [5.41, 5.74) is 1.82. The van der Waals surface area contributed by atoms with Gasteiger partial charge in [0.15, 0.2) is 0 Å². The predicted molar refractivity (Wildman–Crippen MR) is 58.0 cm³/mol. The van der Waals surface area contributed by atoms with Gasteiger partial charge in [-0.1, -0.05) is 28.1 Å². The summed E-state index contributed by atoms with van der Waals surface area (Å²) >= 11 is 3.45. The second-order valence-corrected chi connectivity index (χ2v) is 4.61. The van der Waals surface area contributed by atoms with Crippen LogP contribution in [0.1, 0.15) is 25.0 Å². The SMILES string of the molecule is Cc1c(Br)cccc1C(C)(C)C=O. The summed E-state index contributed by atoms with van der Waals surface area (Å²) in [6.07, 6.45) is 0.988. The summed E-state index contributed by atoms with van der Waals surface area (Å²) in [6.45, 7) is 5.87. The molecule has 0 radical (unpaired) electrons. The standard InChI is InChI=1S/C11H13BrO/c1-8-9(11(2,3)7-13)5-4-6-10(8)12/h4-7H,1-3H3. The molecule has 1 rings (SSSR count). The number of rotatable bonds is 2. The second-order valence-electron chi connectivity index (χ2n) is 3.75. The zero-order chi connectivity index (χ0) is 10.1. The molecule has 0 fully saturated rings. The Kier molecular flexibility index (Phi) is 2.91. The normalized spacial score (nSPS) is 11.4. The highest BCUT2D eigenvalue weighted by Gasteiger charge is 2.21. The van der Waals surface area contributed by atoms with Crippen LogP contribution in [0.2, 0.25) is 0 Å². The molecule has 0 saturated heterocycles. The molecule has 0 amide bonds. The van der Waals surface area contributed by atoms with Gasteiger partial charge in [0, 0.05) is 9.89 Å². The van der Waals surface area contributed by atoms with Crippen molar-refractivity contribution in [2.75, 3.05) is 0 Å². The Labute approximate surface area is 87.3 Å². The maximum Gasteiger partial charge on any atom is 0.129 e. The van der Waals surface area contributed by atoms with E-state index in [9.17, 15) is 4.79 Å². The van der Waals surface area contributed by atoms with Crippen LogP contribution in [0.15, 0.2) is 22.7 Å². The van der Waals surface area contributed by atoms with Crippen LogP contribution in [-0.4, -0.2) is 6.29 Å². The van der Waals surface area contributed by atoms with E-state index in [1.54, 1.807) is 0 Å². The summed E-state index contributed by atoms with van der Waals surface area (Å²) in [4.78, 5) is 10.9. The highest BCUT2D eigenvalue weighted by molar-refractivity contribution is 9.10. The Morgan fingerprint density at radius 3 is 2.54 bits per heavy atom. The van der Waals surface area contributed by atoms with Gasteiger partial charge in [-0.15, -0.1) is 0 Å². The minimum Gasteiger partial charge on any atom is -0.302 e. The molecule has 0 bridgehead atoms. The van der Waals surface area contributed by atoms with Crippen molar-refractivity contribution in [1.82, 2.24) is 0 Å². The quantitative estimate of drug-likeness (QED) is 0.726. The van der Waals surface area contributed by atoms with Crippen molar-refractivity contribution in [1.29, 1.82) is 0 Å². The first-order valence-corrected chi connectivity index (χ1v) is 5.00. The van der Waals surface area contributed by atoms with Gasteiger partial charge >= 0.3 is 0 Å². The van der Waals surface area contributed by atoms with E-state index in [1.807, 2.05) is 39.0 Å². The van der Waals surface area contributed by atoms with Crippen LogP contribution in [0.4, 0.5) is 0 Å². The third kappa shape index (κ3) is 1.99. The molecule has 1 nitrogen and oxygen atoms in total. The molecule has 0 atom stereocenters. The summed E-state index contributed by atoms with van der Waals surface area (Å²) < 4.78 is 1.06. The molecule has 70 valence electrons. The first kappa shape index (κ1) is 10.5. The lowest BCUT2D eigenvalue weighted by Crippen LogP contribution is -2.20. The number of halogens is 1. The Balaban J connectivity index is 3.30. The molecule has 13 heavy (non-hydrogen) atoms. The zero-order valence-corrected chi connectivity index (χ0v) is 9.68. The predicted octanol–water partition coefficient (Wildman–Crippen LogP) is 3.23. The highest BCUT2D eigenvalue weighted by Crippen LogP contribution is 2.28. The fraction of sp³-hybridized carbons (Fsp3) is 0.364. The molecule has 0 heterocycles. The molecule has 0 saturated carbocycles. The molecule has 0 aromatic heterocycles. The first-order valence-electron chi connectivity index (χ1n) is 4.21. The lowest BCUT2D eigenvalue weighted by molar-refractivity contribution is -0.111. The van der Waals surface area contributed by atoms with Crippen molar-refractivity contribution in [2.45, 2.75) is 26.2 Å². The van der Waals surface area contributed by atoms with Crippen molar-refractivity contribution in [3.05, 3.63) is 33.8 Å². The van der Waals surface area contributed by atoms with Crippen LogP contribution in [0.25, 0.3) is 0 Å². The Morgan fingerprint density at radius 2 is 2.00 bits per heavy atom. The largest absolute Gasteiger partial charge is 0.302 e. The third-order valence-corrected chi connectivity index (χ3v) is 3.12. The molecule has 1 aromatic rings. The van der Waals surface area contributed by atoms with Gasteiger partial charge in [-0.25, -0.2) is 0 Å². The summed E-state index contributed by atoms with van der Waals surface area (Å²) in [7, 11) is 0. The van der Waals surface area contributed by atoms with Crippen LogP contribution >= 0.6 is 15.9 Å². The van der Waals surface area contributed by atoms with E-state index in [1.165, 1.54) is 0 Å². The van der Waals surface area contributed by atoms with Crippen molar-refractivity contribution in [2.24, 2.45) is 0 Å². The Morgan fingerprint density at radius 1 is 1.38 bits per heavy atom. The highest BCUT2D eigenvalue weighted by atomic mass is 79.9. The van der Waals surface area contributed by atoms with Gasteiger partial charge in [-0.2, -0.15) is 0 Å². The number of hydrogen-bond acceptors (Lipinski definition) is 1. The van der Waals surface area contributed by atoms with E-state index in [0.717, 1.165) is 21.9 Å². The number of carbonyl (C=O) groups excluding carboxylic acids is 1. The third-order valence-electron chi connectivity index (χ3n) is 2.26. The summed E-state index contributed by atoms with van der Waals surface area (Å²) in [6, 6.07) is 5.94. The minimum absolute atomic E-state index is 0.395. The van der Waals surface area contributed by atoms with Gasteiger partial charge in [0.1, 0.15) is 6.29 Å². The lowest BCUT2D eigenvalue weighted by Gasteiger charge is -2.20. The maximum atomic E-state index is 10.9. The van der Waals surface area contributed by atoms with Gasteiger partial charge < -0.3 is 4.79 Å². The fourth-order valence-corrected chi connectivity index (χ4v) is 1.74. The molecule has 1 aromatic carbocycles. The Bertz CT molecular complexity index is 329. The van der Waals surface area contributed by atoms with Crippen LogP contribution in [0.5, 0.6) is 0 Å². The zero-order valence-electron chi connectivity index (χ0n) is 8.10. The molecule has 0 N–H and O–H groups in total. The monoisotopic (exact) mass is 240 g/mol. The minimum atomic E-state index is -0.395. The molecule has 0 aliphatic carbocycles. The summed E-state index contributed by atoms with van der Waals surface area (Å²) in [5, 5.41) is 0. The van der Waals surface area contributed by atoms with E-state index < -0.39 is 5.41 Å². The molecule has 0 spiro atoms. The average molecular weight is 241 g/mol. The number of carbonyl (C=O) groups is 1. The molecular weight excluding hydrogens is 228 g/mol. The fourth-order valence-electron chi connectivity index (χ4n) is 1.37. The lowest BCUT2D eigenvalue weighted by atomic mass is 9.84. The van der Waals surface area contributed by atoms with E-state index in [0.29, 0.717) is 0 Å². The smallest absolute Gasteiger partial charge is 0.129 e. The van der Waals surface area contributed by atoms with Gasteiger partial charge in [-0.3, -0.25) is 0 Å². The van der Waals surface area contributed by atoms with Crippen LogP contribution in [0, 0.1) is 6.92 Å². The van der Waals surface area contributed by atoms with E-state index >= 15 is 0 Å². The molecule has 0 aliphatic heterocycles. The van der Waals surface area contributed by atoms with Crippen molar-refractivity contribution in [3.63, 3.8) is 0 Å². The van der Waals surface area contributed by atoms with Crippen molar-refractivity contribution < 1.29 is 4.79 Å². The van der Waals surface area contributed by atoms with Crippen LogP contribution < -0.4 is 0 Å². The van der Waals surface area contributed by atoms with Crippen molar-refractivity contribution >= 4 is 22.2 Å². The summed E-state index contributed by atoms with van der Waals surface area (Å²) in [5.74, 6) is 0.